The predicted molar refractivity (Wildman–Crippen MR) is 81.8 cm³/mol. The second kappa shape index (κ2) is 6.78. The summed E-state index contributed by atoms with van der Waals surface area (Å²) in [5, 5.41) is 3.53. The average molecular weight is 284 g/mol. The van der Waals surface area contributed by atoms with Crippen LogP contribution in [0.3, 0.4) is 0 Å². The number of carbonyl (C=O) groups is 1. The number of hydrogen-bond donors (Lipinski definition) is 2. The second-order valence-corrected chi connectivity index (χ2v) is 5.51. The lowest BCUT2D eigenvalue weighted by atomic mass is 9.95. The highest BCUT2D eigenvalue weighted by molar-refractivity contribution is 6.34. The molecule has 5 heteroatoms. The van der Waals surface area contributed by atoms with Crippen molar-refractivity contribution in [3.63, 3.8) is 0 Å². The molecule has 0 aliphatic rings. The van der Waals surface area contributed by atoms with E-state index in [0.29, 0.717) is 17.3 Å². The third-order valence-electron chi connectivity index (χ3n) is 3.09. The van der Waals surface area contributed by atoms with Crippen molar-refractivity contribution in [1.82, 2.24) is 0 Å². The third-order valence-corrected chi connectivity index (χ3v) is 3.39. The van der Waals surface area contributed by atoms with Crippen molar-refractivity contribution in [2.24, 2.45) is 17.6 Å². The van der Waals surface area contributed by atoms with E-state index in [1.54, 1.807) is 6.07 Å². The highest BCUT2D eigenvalue weighted by Crippen LogP contribution is 2.32. The number of nitrogens with two attached hydrogens (primary N) is 1. The summed E-state index contributed by atoms with van der Waals surface area (Å²) >= 11 is 6.17. The Morgan fingerprint density at radius 1 is 1.42 bits per heavy atom. The standard InChI is InChI=1S/C14H22ClN3O/c1-9(2)10(8-16)14(19)17-12-7-5-6-11(15)13(12)18(3)4/h5-7,9-10H,8,16H2,1-4H3,(H,17,19). The fourth-order valence-electron chi connectivity index (χ4n) is 1.98. The molecule has 1 unspecified atom stereocenters. The fraction of sp³-hybridized carbons (Fsp3) is 0.500. The summed E-state index contributed by atoms with van der Waals surface area (Å²) in [5.74, 6) is -0.0659. The van der Waals surface area contributed by atoms with Crippen LogP contribution in [-0.2, 0) is 4.79 Å². The lowest BCUT2D eigenvalue weighted by Crippen LogP contribution is -2.33. The molecule has 0 aliphatic carbocycles. The normalized spacial score (nSPS) is 12.4. The van der Waals surface area contributed by atoms with Crippen molar-refractivity contribution in [2.75, 3.05) is 30.9 Å². The van der Waals surface area contributed by atoms with Crippen molar-refractivity contribution < 1.29 is 4.79 Å². The van der Waals surface area contributed by atoms with E-state index in [9.17, 15) is 4.79 Å². The Bertz CT molecular complexity index is 446. The molecule has 19 heavy (non-hydrogen) atoms. The van der Waals surface area contributed by atoms with Gasteiger partial charge in [-0.3, -0.25) is 4.79 Å². The maximum atomic E-state index is 12.2. The van der Waals surface area contributed by atoms with Crippen molar-refractivity contribution >= 4 is 28.9 Å². The lowest BCUT2D eigenvalue weighted by Gasteiger charge is -2.22. The number of nitrogens with zero attached hydrogens (tertiary/aromatic N) is 1. The molecule has 1 atom stereocenters. The van der Waals surface area contributed by atoms with Crippen LogP contribution in [0, 0.1) is 11.8 Å². The summed E-state index contributed by atoms with van der Waals surface area (Å²) < 4.78 is 0. The van der Waals surface area contributed by atoms with Gasteiger partial charge in [0.1, 0.15) is 0 Å². The van der Waals surface area contributed by atoms with Gasteiger partial charge in [0.25, 0.3) is 0 Å². The Labute approximate surface area is 119 Å². The van der Waals surface area contributed by atoms with Crippen molar-refractivity contribution in [3.8, 4) is 0 Å². The topological polar surface area (TPSA) is 58.4 Å². The van der Waals surface area contributed by atoms with Crippen LogP contribution >= 0.6 is 11.6 Å². The molecule has 0 aromatic heterocycles. The van der Waals surface area contributed by atoms with E-state index >= 15 is 0 Å². The van der Waals surface area contributed by atoms with Gasteiger partial charge in [-0.15, -0.1) is 0 Å². The van der Waals surface area contributed by atoms with Gasteiger partial charge in [-0.05, 0) is 18.1 Å². The van der Waals surface area contributed by atoms with Crippen LogP contribution in [0.1, 0.15) is 13.8 Å². The highest BCUT2D eigenvalue weighted by atomic mass is 35.5. The van der Waals surface area contributed by atoms with Crippen LogP contribution in [0.15, 0.2) is 18.2 Å². The summed E-state index contributed by atoms with van der Waals surface area (Å²) in [4.78, 5) is 14.1. The van der Waals surface area contributed by atoms with Crippen LogP contribution in [0.2, 0.25) is 5.02 Å². The van der Waals surface area contributed by atoms with Gasteiger partial charge in [0.05, 0.1) is 22.3 Å². The minimum atomic E-state index is -0.200. The molecule has 0 radical (unpaired) electrons. The van der Waals surface area contributed by atoms with E-state index in [1.165, 1.54) is 0 Å². The van der Waals surface area contributed by atoms with Crippen LogP contribution in [0.25, 0.3) is 0 Å². The zero-order valence-electron chi connectivity index (χ0n) is 11.9. The summed E-state index contributed by atoms with van der Waals surface area (Å²) in [7, 11) is 3.78. The summed E-state index contributed by atoms with van der Waals surface area (Å²) in [5.41, 5.74) is 7.17. The van der Waals surface area contributed by atoms with E-state index in [-0.39, 0.29) is 17.7 Å². The first-order valence-corrected chi connectivity index (χ1v) is 6.73. The molecule has 1 aromatic rings. The number of nitrogens with one attached hydrogen (secondary N) is 1. The number of carbonyl (C=O) groups excluding carboxylic acids is 1. The molecular weight excluding hydrogens is 262 g/mol. The third kappa shape index (κ3) is 3.85. The number of benzene rings is 1. The van der Waals surface area contributed by atoms with Crippen LogP contribution in [0.4, 0.5) is 11.4 Å². The van der Waals surface area contributed by atoms with Gasteiger partial charge in [0, 0.05) is 20.6 Å². The Hall–Kier alpha value is -1.26. The zero-order valence-corrected chi connectivity index (χ0v) is 12.7. The minimum absolute atomic E-state index is 0.0668. The molecule has 4 nitrogen and oxygen atoms in total. The zero-order chi connectivity index (χ0) is 14.6. The smallest absolute Gasteiger partial charge is 0.229 e. The maximum Gasteiger partial charge on any atom is 0.229 e. The van der Waals surface area contributed by atoms with E-state index < -0.39 is 0 Å². The molecule has 106 valence electrons. The molecule has 0 fully saturated rings. The predicted octanol–water partition coefficient (Wildman–Crippen LogP) is 2.58. The largest absolute Gasteiger partial charge is 0.375 e. The quantitative estimate of drug-likeness (QED) is 0.873. The van der Waals surface area contributed by atoms with Gasteiger partial charge in [-0.2, -0.15) is 0 Å². The van der Waals surface area contributed by atoms with Gasteiger partial charge in [-0.1, -0.05) is 31.5 Å². The van der Waals surface area contributed by atoms with E-state index in [4.69, 9.17) is 17.3 Å². The lowest BCUT2D eigenvalue weighted by molar-refractivity contribution is -0.120. The Kier molecular flexibility index (Phi) is 5.63. The van der Waals surface area contributed by atoms with Gasteiger partial charge in [0.15, 0.2) is 0 Å². The SMILES string of the molecule is CC(C)C(CN)C(=O)Nc1cccc(Cl)c1N(C)C. The van der Waals surface area contributed by atoms with Gasteiger partial charge >= 0.3 is 0 Å². The number of rotatable bonds is 5. The van der Waals surface area contributed by atoms with Gasteiger partial charge < -0.3 is 16.0 Å². The minimum Gasteiger partial charge on any atom is -0.375 e. The van der Waals surface area contributed by atoms with Crippen LogP contribution in [-0.4, -0.2) is 26.5 Å². The molecular formula is C14H22ClN3O. The average Bonchev–Trinajstić information content (AvgIpc) is 2.28. The van der Waals surface area contributed by atoms with Crippen molar-refractivity contribution in [3.05, 3.63) is 23.2 Å². The number of amides is 1. The molecule has 0 bridgehead atoms. The van der Waals surface area contributed by atoms with Gasteiger partial charge in [0.2, 0.25) is 5.91 Å². The highest BCUT2D eigenvalue weighted by Gasteiger charge is 2.22. The van der Waals surface area contributed by atoms with E-state index in [0.717, 1.165) is 5.69 Å². The molecule has 1 amide bonds. The van der Waals surface area contributed by atoms with Crippen LogP contribution in [0.5, 0.6) is 0 Å². The number of halogens is 1. The Morgan fingerprint density at radius 2 is 2.05 bits per heavy atom. The summed E-state index contributed by atoms with van der Waals surface area (Å²) in [6.45, 7) is 4.31. The maximum absolute atomic E-state index is 12.2. The molecule has 0 saturated carbocycles. The molecule has 1 aromatic carbocycles. The molecule has 0 aliphatic heterocycles. The molecule has 0 heterocycles. The number of para-hydroxylation sites is 1. The molecule has 0 spiro atoms. The van der Waals surface area contributed by atoms with E-state index in [2.05, 4.69) is 5.32 Å². The number of anilines is 2. The molecule has 1 rings (SSSR count). The second-order valence-electron chi connectivity index (χ2n) is 5.11. The van der Waals surface area contributed by atoms with Crippen molar-refractivity contribution in [2.45, 2.75) is 13.8 Å². The Morgan fingerprint density at radius 3 is 2.53 bits per heavy atom. The Balaban J connectivity index is 3.00. The van der Waals surface area contributed by atoms with E-state index in [1.807, 2.05) is 45.0 Å². The van der Waals surface area contributed by atoms with Crippen molar-refractivity contribution in [1.29, 1.82) is 0 Å². The monoisotopic (exact) mass is 283 g/mol. The summed E-state index contributed by atoms with van der Waals surface area (Å²) in [6, 6.07) is 5.46. The first-order valence-electron chi connectivity index (χ1n) is 6.35. The fourth-order valence-corrected chi connectivity index (χ4v) is 2.32. The first kappa shape index (κ1) is 15.8. The molecule has 0 saturated heterocycles. The van der Waals surface area contributed by atoms with Crippen LogP contribution < -0.4 is 16.0 Å². The number of hydrogen-bond acceptors (Lipinski definition) is 3. The molecule has 3 N–H and O–H groups in total. The summed E-state index contributed by atoms with van der Waals surface area (Å²) in [6.07, 6.45) is 0. The van der Waals surface area contributed by atoms with Gasteiger partial charge in [-0.25, -0.2) is 0 Å². The first-order chi connectivity index (χ1) is 8.88.